The van der Waals surface area contributed by atoms with Crippen LogP contribution >= 0.6 is 0 Å². The van der Waals surface area contributed by atoms with Gasteiger partial charge >= 0.3 is 12.2 Å². The van der Waals surface area contributed by atoms with Crippen LogP contribution < -0.4 is 10.7 Å². The molecule has 10 heteroatoms. The third-order valence-corrected chi connectivity index (χ3v) is 5.25. The lowest BCUT2D eigenvalue weighted by Gasteiger charge is -2.33. The zero-order valence-electron chi connectivity index (χ0n) is 15.8. The number of amides is 4. The number of ether oxygens (including phenoxy) is 1. The molecule has 0 unspecified atom stereocenters. The van der Waals surface area contributed by atoms with Crippen molar-refractivity contribution < 1.29 is 32.3 Å². The first-order valence-corrected chi connectivity index (χ1v) is 9.31. The van der Waals surface area contributed by atoms with Gasteiger partial charge in [0.25, 0.3) is 11.8 Å². The van der Waals surface area contributed by atoms with Gasteiger partial charge in [-0.2, -0.15) is 18.2 Å². The molecule has 2 fully saturated rings. The molecule has 2 aliphatic rings. The normalized spacial score (nSPS) is 24.7. The van der Waals surface area contributed by atoms with E-state index in [1.807, 2.05) is 0 Å². The number of hydrogen-bond donors (Lipinski definition) is 2. The van der Waals surface area contributed by atoms with Gasteiger partial charge in [-0.3, -0.25) is 15.0 Å². The van der Waals surface area contributed by atoms with Gasteiger partial charge in [0.05, 0.1) is 6.61 Å². The van der Waals surface area contributed by atoms with E-state index in [9.17, 15) is 27.6 Å². The molecule has 0 radical (unpaired) electrons. The summed E-state index contributed by atoms with van der Waals surface area (Å²) < 4.78 is 40.8. The van der Waals surface area contributed by atoms with E-state index in [1.165, 1.54) is 24.3 Å². The number of carbonyl (C=O) groups is 3. The average Bonchev–Trinajstić information content (AvgIpc) is 2.88. The number of alkyl halides is 3. The number of carbonyl (C=O) groups excluding carboxylic acids is 3. The lowest BCUT2D eigenvalue weighted by atomic mass is 9.77. The molecule has 158 valence electrons. The monoisotopic (exact) mass is 413 g/mol. The lowest BCUT2D eigenvalue weighted by Crippen LogP contribution is -2.51. The van der Waals surface area contributed by atoms with Gasteiger partial charge in [0, 0.05) is 5.56 Å². The predicted octanol–water partition coefficient (Wildman–Crippen LogP) is 2.91. The van der Waals surface area contributed by atoms with Crippen molar-refractivity contribution >= 4 is 17.8 Å². The molecule has 0 bridgehead atoms. The molecular weight excluding hydrogens is 391 g/mol. The molecule has 1 spiro atoms. The van der Waals surface area contributed by atoms with Crippen molar-refractivity contribution in [2.45, 2.75) is 50.9 Å². The van der Waals surface area contributed by atoms with Crippen LogP contribution in [0.3, 0.4) is 0 Å². The molecule has 7 nitrogen and oxygen atoms in total. The smallest absolute Gasteiger partial charge is 0.367 e. The van der Waals surface area contributed by atoms with Crippen LogP contribution in [0.5, 0.6) is 0 Å². The van der Waals surface area contributed by atoms with Gasteiger partial charge in [0.1, 0.15) is 12.1 Å². The topological polar surface area (TPSA) is 87.7 Å². The second-order valence-electron chi connectivity index (χ2n) is 7.58. The Morgan fingerprint density at radius 3 is 2.45 bits per heavy atom. The van der Waals surface area contributed by atoms with Gasteiger partial charge < -0.3 is 10.1 Å². The molecule has 1 saturated carbocycles. The molecular formula is C19H22F3N3O4. The van der Waals surface area contributed by atoms with Crippen LogP contribution in [0.25, 0.3) is 0 Å². The number of rotatable bonds is 5. The minimum Gasteiger partial charge on any atom is -0.367 e. The molecule has 1 saturated heterocycles. The Balaban J connectivity index is 1.58. The molecule has 0 atom stereocenters. The number of hydrazine groups is 1. The maximum Gasteiger partial charge on any atom is 0.411 e. The Kier molecular flexibility index (Phi) is 5.83. The number of nitrogens with one attached hydrogen (secondary N) is 2. The fraction of sp³-hybridized carbons (Fsp3) is 0.526. The molecule has 1 aromatic carbocycles. The summed E-state index contributed by atoms with van der Waals surface area (Å²) in [6.45, 7) is 0.475. The van der Waals surface area contributed by atoms with Crippen molar-refractivity contribution in [3.63, 3.8) is 0 Å². The molecule has 1 heterocycles. The van der Waals surface area contributed by atoms with Crippen LogP contribution in [0, 0.1) is 5.92 Å². The van der Waals surface area contributed by atoms with E-state index < -0.39 is 36.2 Å². The van der Waals surface area contributed by atoms with E-state index in [2.05, 4.69) is 22.4 Å². The number of hydrogen-bond acceptors (Lipinski definition) is 4. The van der Waals surface area contributed by atoms with Gasteiger partial charge in [-0.15, -0.1) is 0 Å². The number of nitrogens with zero attached hydrogens (tertiary/aromatic N) is 1. The summed E-state index contributed by atoms with van der Waals surface area (Å²) >= 11 is 0. The molecule has 1 aromatic rings. The first-order valence-electron chi connectivity index (χ1n) is 9.31. The molecule has 29 heavy (non-hydrogen) atoms. The van der Waals surface area contributed by atoms with Gasteiger partial charge in [-0.1, -0.05) is 19.1 Å². The molecule has 1 aliphatic heterocycles. The Morgan fingerprint density at radius 2 is 1.86 bits per heavy atom. The first-order chi connectivity index (χ1) is 13.6. The zero-order valence-corrected chi connectivity index (χ0v) is 15.8. The standard InChI is InChI=1S/C19H22F3N3O4/c1-12-6-8-18(9-7-12)16(27)25(17(28)23-18)24-15(26)14-4-2-13(3-5-14)10-29-11-19(20,21)22/h2-5,12H,6-11H2,1H3,(H,23,28)(H,24,26). The Labute approximate surface area is 165 Å². The molecule has 1 aliphatic carbocycles. The minimum atomic E-state index is -4.41. The van der Waals surface area contributed by atoms with Gasteiger partial charge in [0.2, 0.25) is 0 Å². The van der Waals surface area contributed by atoms with E-state index in [0.717, 1.165) is 12.8 Å². The maximum atomic E-state index is 12.7. The summed E-state index contributed by atoms with van der Waals surface area (Å²) in [5, 5.41) is 3.41. The highest BCUT2D eigenvalue weighted by atomic mass is 19.4. The summed E-state index contributed by atoms with van der Waals surface area (Å²) in [5.41, 5.74) is 1.96. The summed E-state index contributed by atoms with van der Waals surface area (Å²) in [7, 11) is 0. The van der Waals surface area contributed by atoms with E-state index in [0.29, 0.717) is 29.3 Å². The Hall–Kier alpha value is -2.62. The third-order valence-electron chi connectivity index (χ3n) is 5.25. The fourth-order valence-corrected chi connectivity index (χ4v) is 3.52. The quantitative estimate of drug-likeness (QED) is 0.727. The van der Waals surface area contributed by atoms with E-state index in [4.69, 9.17) is 0 Å². The van der Waals surface area contributed by atoms with Gasteiger partial charge in [0.15, 0.2) is 0 Å². The first kappa shape index (κ1) is 21.1. The molecule has 3 rings (SSSR count). The van der Waals surface area contributed by atoms with E-state index in [-0.39, 0.29) is 12.2 Å². The highest BCUT2D eigenvalue weighted by molar-refractivity contribution is 6.09. The fourth-order valence-electron chi connectivity index (χ4n) is 3.52. The van der Waals surface area contributed by atoms with Crippen LogP contribution in [0.15, 0.2) is 24.3 Å². The lowest BCUT2D eigenvalue weighted by molar-refractivity contribution is -0.176. The van der Waals surface area contributed by atoms with Crippen molar-refractivity contribution in [2.24, 2.45) is 5.92 Å². The SMILES string of the molecule is CC1CCC2(CC1)NC(=O)N(NC(=O)c1ccc(COCC(F)(F)F)cc1)C2=O. The highest BCUT2D eigenvalue weighted by Gasteiger charge is 2.52. The summed E-state index contributed by atoms with van der Waals surface area (Å²) in [4.78, 5) is 37.4. The van der Waals surface area contributed by atoms with Gasteiger partial charge in [-0.05, 0) is 49.3 Å². The number of imide groups is 1. The Bertz CT molecular complexity index is 787. The molecule has 2 N–H and O–H groups in total. The summed E-state index contributed by atoms with van der Waals surface area (Å²) in [5.74, 6) is -0.662. The van der Waals surface area contributed by atoms with Crippen molar-refractivity contribution in [3.05, 3.63) is 35.4 Å². The van der Waals surface area contributed by atoms with Gasteiger partial charge in [-0.25, -0.2) is 4.79 Å². The maximum absolute atomic E-state index is 12.7. The predicted molar refractivity (Wildman–Crippen MR) is 95.4 cm³/mol. The van der Waals surface area contributed by atoms with Crippen molar-refractivity contribution in [3.8, 4) is 0 Å². The highest BCUT2D eigenvalue weighted by Crippen LogP contribution is 2.35. The Morgan fingerprint density at radius 1 is 1.24 bits per heavy atom. The second kappa shape index (κ2) is 8.02. The van der Waals surface area contributed by atoms with Crippen LogP contribution in [0.1, 0.15) is 48.5 Å². The summed E-state index contributed by atoms with van der Waals surface area (Å²) in [6, 6.07) is 4.99. The third kappa shape index (κ3) is 4.87. The van der Waals surface area contributed by atoms with Crippen molar-refractivity contribution in [1.82, 2.24) is 15.8 Å². The largest absolute Gasteiger partial charge is 0.411 e. The minimum absolute atomic E-state index is 0.156. The zero-order chi connectivity index (χ0) is 21.2. The number of urea groups is 1. The van der Waals surface area contributed by atoms with Crippen LogP contribution in [0.2, 0.25) is 0 Å². The van der Waals surface area contributed by atoms with E-state index in [1.54, 1.807) is 0 Å². The van der Waals surface area contributed by atoms with Crippen molar-refractivity contribution in [1.29, 1.82) is 0 Å². The van der Waals surface area contributed by atoms with Crippen molar-refractivity contribution in [2.75, 3.05) is 6.61 Å². The second-order valence-corrected chi connectivity index (χ2v) is 7.58. The van der Waals surface area contributed by atoms with Crippen LogP contribution in [-0.4, -0.2) is 41.2 Å². The summed E-state index contributed by atoms with van der Waals surface area (Å²) in [6.07, 6.45) is -1.73. The van der Waals surface area contributed by atoms with Crippen LogP contribution in [-0.2, 0) is 16.1 Å². The van der Waals surface area contributed by atoms with Crippen LogP contribution in [0.4, 0.5) is 18.0 Å². The average molecular weight is 413 g/mol. The van der Waals surface area contributed by atoms with E-state index >= 15 is 0 Å². The molecule has 0 aromatic heterocycles. The number of benzene rings is 1. The number of halogens is 3. The molecule has 4 amide bonds.